The predicted octanol–water partition coefficient (Wildman–Crippen LogP) is 2.35. The van der Waals surface area contributed by atoms with E-state index in [2.05, 4.69) is 0 Å². The van der Waals surface area contributed by atoms with Crippen molar-refractivity contribution in [2.75, 3.05) is 6.61 Å². The van der Waals surface area contributed by atoms with Crippen molar-refractivity contribution in [3.05, 3.63) is 29.8 Å². The summed E-state index contributed by atoms with van der Waals surface area (Å²) in [5.41, 5.74) is 0.384. The van der Waals surface area contributed by atoms with Crippen LogP contribution in [-0.2, 0) is 4.79 Å². The number of carboxylic acids is 1. The van der Waals surface area contributed by atoms with Gasteiger partial charge in [-0.15, -0.1) is 11.6 Å². The third kappa shape index (κ3) is 4.07. The highest BCUT2D eigenvalue weighted by Gasteiger charge is 2.20. The standard InChI is InChI=1S/C12H13ClO4/c1-2-17-9-5-3-8(4-6-9)12(16)10(13)7-11(14)15/h3-6,10H,2,7H2,1H3,(H,14,15). The molecule has 0 amide bonds. The third-order valence-electron chi connectivity index (χ3n) is 2.09. The van der Waals surface area contributed by atoms with Crippen LogP contribution in [0, 0.1) is 0 Å². The quantitative estimate of drug-likeness (QED) is 0.627. The number of ether oxygens (including phenoxy) is 1. The van der Waals surface area contributed by atoms with Crippen LogP contribution >= 0.6 is 11.6 Å². The molecule has 1 aromatic carbocycles. The highest BCUT2D eigenvalue weighted by Crippen LogP contribution is 2.16. The largest absolute Gasteiger partial charge is 0.494 e. The molecule has 1 N–H and O–H groups in total. The van der Waals surface area contributed by atoms with Crippen LogP contribution in [0.4, 0.5) is 0 Å². The van der Waals surface area contributed by atoms with E-state index >= 15 is 0 Å². The van der Waals surface area contributed by atoms with E-state index in [9.17, 15) is 9.59 Å². The van der Waals surface area contributed by atoms with Crippen LogP contribution in [0.3, 0.4) is 0 Å². The number of benzene rings is 1. The van der Waals surface area contributed by atoms with Gasteiger partial charge in [0.25, 0.3) is 0 Å². The van der Waals surface area contributed by atoms with Gasteiger partial charge >= 0.3 is 5.97 Å². The molecule has 1 unspecified atom stereocenters. The van der Waals surface area contributed by atoms with E-state index < -0.39 is 17.1 Å². The molecule has 5 heteroatoms. The molecule has 0 aliphatic rings. The second-order valence-electron chi connectivity index (χ2n) is 3.39. The number of carboxylic acid groups (broad SMARTS) is 1. The maximum Gasteiger partial charge on any atom is 0.305 e. The van der Waals surface area contributed by atoms with Crippen molar-refractivity contribution in [3.63, 3.8) is 0 Å². The fraction of sp³-hybridized carbons (Fsp3) is 0.333. The molecule has 0 heterocycles. The predicted molar refractivity (Wildman–Crippen MR) is 63.8 cm³/mol. The lowest BCUT2D eigenvalue weighted by molar-refractivity contribution is -0.136. The zero-order valence-corrected chi connectivity index (χ0v) is 10.1. The van der Waals surface area contributed by atoms with Crippen molar-refractivity contribution in [1.82, 2.24) is 0 Å². The minimum atomic E-state index is -1.09. The number of hydrogen-bond donors (Lipinski definition) is 1. The Morgan fingerprint density at radius 1 is 1.35 bits per heavy atom. The summed E-state index contributed by atoms with van der Waals surface area (Å²) in [6.07, 6.45) is -0.381. The molecule has 0 aliphatic carbocycles. The minimum Gasteiger partial charge on any atom is -0.494 e. The Hall–Kier alpha value is -1.55. The van der Waals surface area contributed by atoms with Crippen LogP contribution in [0.2, 0.25) is 0 Å². The number of aliphatic carboxylic acids is 1. The molecule has 17 heavy (non-hydrogen) atoms. The first kappa shape index (κ1) is 13.5. The monoisotopic (exact) mass is 256 g/mol. The van der Waals surface area contributed by atoms with Gasteiger partial charge in [0.05, 0.1) is 13.0 Å². The molecular weight excluding hydrogens is 244 g/mol. The van der Waals surface area contributed by atoms with Gasteiger partial charge in [0.1, 0.15) is 11.1 Å². The smallest absolute Gasteiger partial charge is 0.305 e. The van der Waals surface area contributed by atoms with Gasteiger partial charge < -0.3 is 9.84 Å². The molecule has 1 aromatic rings. The number of hydrogen-bond acceptors (Lipinski definition) is 3. The highest BCUT2D eigenvalue weighted by molar-refractivity contribution is 6.34. The van der Waals surface area contributed by atoms with E-state index in [0.29, 0.717) is 17.9 Å². The van der Waals surface area contributed by atoms with Crippen molar-refractivity contribution in [2.45, 2.75) is 18.7 Å². The minimum absolute atomic E-state index is 0.381. The van der Waals surface area contributed by atoms with Crippen molar-refractivity contribution in [1.29, 1.82) is 0 Å². The Morgan fingerprint density at radius 3 is 2.41 bits per heavy atom. The molecule has 0 saturated carbocycles. The molecule has 0 spiro atoms. The Bertz CT molecular complexity index is 399. The molecule has 1 atom stereocenters. The topological polar surface area (TPSA) is 63.6 Å². The van der Waals surface area contributed by atoms with Gasteiger partial charge in [-0.3, -0.25) is 9.59 Å². The maximum absolute atomic E-state index is 11.7. The summed E-state index contributed by atoms with van der Waals surface area (Å²) in [5.74, 6) is -0.824. The van der Waals surface area contributed by atoms with Gasteiger partial charge in [0.15, 0.2) is 5.78 Å². The number of alkyl halides is 1. The average molecular weight is 257 g/mol. The first-order valence-corrected chi connectivity index (χ1v) is 5.61. The summed E-state index contributed by atoms with van der Waals surface area (Å²) in [6, 6.07) is 6.46. The van der Waals surface area contributed by atoms with E-state index in [1.165, 1.54) is 0 Å². The van der Waals surface area contributed by atoms with Gasteiger partial charge in [-0.2, -0.15) is 0 Å². The summed E-state index contributed by atoms with van der Waals surface area (Å²) in [6.45, 7) is 2.41. The molecule has 0 fully saturated rings. The van der Waals surface area contributed by atoms with Gasteiger partial charge in [-0.05, 0) is 31.2 Å². The van der Waals surface area contributed by atoms with E-state index in [-0.39, 0.29) is 6.42 Å². The first-order valence-electron chi connectivity index (χ1n) is 5.17. The van der Waals surface area contributed by atoms with Crippen LogP contribution in [0.15, 0.2) is 24.3 Å². The number of Topliss-reactive ketones (excluding diaryl/α,β-unsaturated/α-hetero) is 1. The van der Waals surface area contributed by atoms with Crippen LogP contribution in [0.1, 0.15) is 23.7 Å². The van der Waals surface area contributed by atoms with Crippen LogP contribution in [0.5, 0.6) is 5.75 Å². The zero-order chi connectivity index (χ0) is 12.8. The lowest BCUT2D eigenvalue weighted by Gasteiger charge is -2.07. The summed E-state index contributed by atoms with van der Waals surface area (Å²) in [4.78, 5) is 22.1. The lowest BCUT2D eigenvalue weighted by Crippen LogP contribution is -2.18. The van der Waals surface area contributed by atoms with E-state index in [1.807, 2.05) is 6.92 Å². The second-order valence-corrected chi connectivity index (χ2v) is 3.91. The zero-order valence-electron chi connectivity index (χ0n) is 9.35. The number of halogens is 1. The molecule has 1 rings (SSSR count). The fourth-order valence-electron chi connectivity index (χ4n) is 1.31. The van der Waals surface area contributed by atoms with Gasteiger partial charge in [0, 0.05) is 5.56 Å². The Labute approximate surface area is 104 Å². The van der Waals surface area contributed by atoms with Crippen molar-refractivity contribution in [2.24, 2.45) is 0 Å². The summed E-state index contributed by atoms with van der Waals surface area (Å²) in [7, 11) is 0. The fourth-order valence-corrected chi connectivity index (χ4v) is 1.57. The molecule has 0 saturated heterocycles. The Morgan fingerprint density at radius 2 is 1.94 bits per heavy atom. The molecule has 0 aliphatic heterocycles. The molecule has 92 valence electrons. The van der Waals surface area contributed by atoms with Crippen molar-refractivity contribution >= 4 is 23.4 Å². The molecule has 4 nitrogen and oxygen atoms in total. The van der Waals surface area contributed by atoms with Crippen LogP contribution in [0.25, 0.3) is 0 Å². The first-order chi connectivity index (χ1) is 8.04. The SMILES string of the molecule is CCOc1ccc(C(=O)C(Cl)CC(=O)O)cc1. The second kappa shape index (κ2) is 6.25. The molecule has 0 aromatic heterocycles. The van der Waals surface area contributed by atoms with Gasteiger partial charge in [-0.25, -0.2) is 0 Å². The number of ketones is 1. The maximum atomic E-state index is 11.7. The number of carbonyl (C=O) groups is 2. The Balaban J connectivity index is 2.72. The van der Waals surface area contributed by atoms with E-state index in [1.54, 1.807) is 24.3 Å². The summed E-state index contributed by atoms with van der Waals surface area (Å²) in [5, 5.41) is 7.50. The summed E-state index contributed by atoms with van der Waals surface area (Å²) >= 11 is 5.70. The lowest BCUT2D eigenvalue weighted by atomic mass is 10.1. The van der Waals surface area contributed by atoms with Crippen molar-refractivity contribution < 1.29 is 19.4 Å². The van der Waals surface area contributed by atoms with Gasteiger partial charge in [-0.1, -0.05) is 0 Å². The average Bonchev–Trinajstić information content (AvgIpc) is 2.28. The number of rotatable bonds is 6. The third-order valence-corrected chi connectivity index (χ3v) is 2.44. The highest BCUT2D eigenvalue weighted by atomic mass is 35.5. The van der Waals surface area contributed by atoms with E-state index in [0.717, 1.165) is 0 Å². The normalized spacial score (nSPS) is 11.9. The van der Waals surface area contributed by atoms with Crippen LogP contribution < -0.4 is 4.74 Å². The van der Waals surface area contributed by atoms with Crippen LogP contribution in [-0.4, -0.2) is 28.8 Å². The van der Waals surface area contributed by atoms with Crippen molar-refractivity contribution in [3.8, 4) is 5.75 Å². The Kier molecular flexibility index (Phi) is 4.97. The van der Waals surface area contributed by atoms with E-state index in [4.69, 9.17) is 21.4 Å². The molecular formula is C12H13ClO4. The molecule has 0 bridgehead atoms. The van der Waals surface area contributed by atoms with Gasteiger partial charge in [0.2, 0.25) is 0 Å². The summed E-state index contributed by atoms with van der Waals surface area (Å²) < 4.78 is 5.23. The molecule has 0 radical (unpaired) electrons. The number of carbonyl (C=O) groups excluding carboxylic acids is 1.